The van der Waals surface area contributed by atoms with Gasteiger partial charge in [0.25, 0.3) is 3.79 Å². The molecule has 1 N–H and O–H groups in total. The van der Waals surface area contributed by atoms with Crippen molar-refractivity contribution in [2.24, 2.45) is 0 Å². The molecule has 5 heteroatoms. The smallest absolute Gasteiger partial charge is 0.265 e. The van der Waals surface area contributed by atoms with Crippen LogP contribution < -0.4 is 0 Å². The van der Waals surface area contributed by atoms with E-state index in [-0.39, 0.29) is 0 Å². The van der Waals surface area contributed by atoms with Crippen LogP contribution in [-0.4, -0.2) is 15.3 Å². The zero-order valence-electron chi connectivity index (χ0n) is 6.83. The lowest BCUT2D eigenvalue weighted by atomic mass is 10.1. The molecule has 2 nitrogen and oxygen atoms in total. The first-order chi connectivity index (χ1) is 5.19. The van der Waals surface area contributed by atoms with Gasteiger partial charge >= 0.3 is 0 Å². The third-order valence-corrected chi connectivity index (χ3v) is 1.63. The van der Waals surface area contributed by atoms with Gasteiger partial charge in [-0.25, -0.2) is 0 Å². The number of halogens is 3. The fourth-order valence-corrected chi connectivity index (χ4v) is 0.478. The van der Waals surface area contributed by atoms with Gasteiger partial charge in [0, 0.05) is 0 Å². The molecule has 0 heterocycles. The van der Waals surface area contributed by atoms with Gasteiger partial charge in [-0.3, -0.25) is 5.41 Å². The van der Waals surface area contributed by atoms with Crippen molar-refractivity contribution in [2.45, 2.75) is 23.2 Å². The molecule has 0 bridgehead atoms. The minimum Gasteiger partial charge on any atom is -0.468 e. The van der Waals surface area contributed by atoms with Crippen LogP contribution in [0.25, 0.3) is 0 Å². The zero-order chi connectivity index (χ0) is 9.99. The minimum atomic E-state index is -1.81. The summed E-state index contributed by atoms with van der Waals surface area (Å²) in [6, 6.07) is 0. The lowest BCUT2D eigenvalue weighted by Crippen LogP contribution is -2.31. The van der Waals surface area contributed by atoms with Gasteiger partial charge in [-0.05, 0) is 19.9 Å². The Hall–Kier alpha value is 0.0800. The lowest BCUT2D eigenvalue weighted by Gasteiger charge is -2.25. The molecule has 0 aliphatic rings. The highest BCUT2D eigenvalue weighted by Crippen LogP contribution is 2.29. The first-order valence-electron chi connectivity index (χ1n) is 3.17. The fourth-order valence-electron chi connectivity index (χ4n) is 0.363. The van der Waals surface area contributed by atoms with Crippen molar-refractivity contribution in [3.8, 4) is 0 Å². The topological polar surface area (TPSA) is 33.1 Å². The summed E-state index contributed by atoms with van der Waals surface area (Å²) in [5, 5.41) is 7.23. The minimum absolute atomic E-state index is 0.405. The molecule has 0 fully saturated rings. The highest BCUT2D eigenvalue weighted by molar-refractivity contribution is 6.76. The summed E-state index contributed by atoms with van der Waals surface area (Å²) in [4.78, 5) is 0. The van der Waals surface area contributed by atoms with E-state index in [0.29, 0.717) is 0 Å². The molecule has 0 aromatic carbocycles. The normalized spacial score (nSPS) is 12.4. The summed E-state index contributed by atoms with van der Waals surface area (Å²) in [7, 11) is 0. The molecule has 0 amide bonds. The van der Waals surface area contributed by atoms with E-state index >= 15 is 0 Å². The molecular formula is C7H10Cl3NO. The van der Waals surface area contributed by atoms with Crippen molar-refractivity contribution in [2.75, 3.05) is 0 Å². The Morgan fingerprint density at radius 3 is 2.08 bits per heavy atom. The number of alkyl halides is 3. The van der Waals surface area contributed by atoms with Crippen LogP contribution in [0.5, 0.6) is 0 Å². The molecule has 0 saturated carbocycles. The molecule has 0 spiro atoms. The number of hydrogen-bond donors (Lipinski definition) is 1. The van der Waals surface area contributed by atoms with Crippen molar-refractivity contribution in [1.82, 2.24) is 0 Å². The SMILES string of the molecule is C=CC(C)(C)OC(=N)C(Cl)(Cl)Cl. The third kappa shape index (κ3) is 4.19. The van der Waals surface area contributed by atoms with E-state index in [2.05, 4.69) is 6.58 Å². The first-order valence-corrected chi connectivity index (χ1v) is 4.31. The van der Waals surface area contributed by atoms with E-state index in [4.69, 9.17) is 44.9 Å². The maximum atomic E-state index is 7.23. The van der Waals surface area contributed by atoms with Gasteiger partial charge in [0.05, 0.1) is 0 Å². The molecule has 0 aliphatic carbocycles. The maximum Gasteiger partial charge on any atom is 0.265 e. The fraction of sp³-hybridized carbons (Fsp3) is 0.571. The highest BCUT2D eigenvalue weighted by atomic mass is 35.6. The highest BCUT2D eigenvalue weighted by Gasteiger charge is 2.32. The molecule has 0 unspecified atom stereocenters. The van der Waals surface area contributed by atoms with Crippen molar-refractivity contribution in [1.29, 1.82) is 5.41 Å². The van der Waals surface area contributed by atoms with Gasteiger partial charge in [0.2, 0.25) is 5.90 Å². The molecule has 0 aliphatic heterocycles. The largest absolute Gasteiger partial charge is 0.468 e. The lowest BCUT2D eigenvalue weighted by molar-refractivity contribution is 0.143. The van der Waals surface area contributed by atoms with Crippen LogP contribution >= 0.6 is 34.8 Å². The molecule has 70 valence electrons. The van der Waals surface area contributed by atoms with Gasteiger partial charge < -0.3 is 4.74 Å². The number of nitrogens with one attached hydrogen (secondary N) is 1. The second kappa shape index (κ2) is 3.86. The second-order valence-corrected chi connectivity index (χ2v) is 5.02. The molecule has 0 atom stereocenters. The van der Waals surface area contributed by atoms with Crippen LogP contribution in [0.15, 0.2) is 12.7 Å². The van der Waals surface area contributed by atoms with Crippen molar-refractivity contribution in [3.63, 3.8) is 0 Å². The Bertz CT molecular complexity index is 195. The van der Waals surface area contributed by atoms with Gasteiger partial charge in [0.15, 0.2) is 0 Å². The van der Waals surface area contributed by atoms with Crippen molar-refractivity contribution >= 4 is 40.7 Å². The van der Waals surface area contributed by atoms with Crippen LogP contribution in [-0.2, 0) is 4.74 Å². The number of hydrogen-bond acceptors (Lipinski definition) is 2. The molecule has 0 aromatic rings. The summed E-state index contributed by atoms with van der Waals surface area (Å²) in [5.41, 5.74) is -0.693. The molecule has 0 saturated heterocycles. The van der Waals surface area contributed by atoms with E-state index in [1.165, 1.54) is 6.08 Å². The molecule has 0 aromatic heterocycles. The van der Waals surface area contributed by atoms with Crippen LogP contribution in [0.4, 0.5) is 0 Å². The number of ether oxygens (including phenoxy) is 1. The average molecular weight is 231 g/mol. The van der Waals surface area contributed by atoms with Gasteiger partial charge in [-0.2, -0.15) is 0 Å². The van der Waals surface area contributed by atoms with E-state index in [1.807, 2.05) is 0 Å². The number of rotatable bonds is 2. The van der Waals surface area contributed by atoms with Gasteiger partial charge in [-0.1, -0.05) is 41.4 Å². The van der Waals surface area contributed by atoms with Crippen molar-refractivity contribution in [3.05, 3.63) is 12.7 Å². The Morgan fingerprint density at radius 2 is 1.83 bits per heavy atom. The summed E-state index contributed by atoms with van der Waals surface area (Å²) >= 11 is 16.2. The molecular weight excluding hydrogens is 220 g/mol. The predicted molar refractivity (Wildman–Crippen MR) is 53.4 cm³/mol. The summed E-state index contributed by atoms with van der Waals surface area (Å²) < 4.78 is 3.22. The van der Waals surface area contributed by atoms with E-state index < -0.39 is 15.3 Å². The molecule has 0 radical (unpaired) electrons. The second-order valence-electron chi connectivity index (χ2n) is 2.74. The average Bonchev–Trinajstić information content (AvgIpc) is 1.85. The van der Waals surface area contributed by atoms with Crippen LogP contribution in [0, 0.1) is 5.41 Å². The Labute approximate surface area is 86.9 Å². The van der Waals surface area contributed by atoms with E-state index in [9.17, 15) is 0 Å². The molecule has 0 rings (SSSR count). The summed E-state index contributed by atoms with van der Waals surface area (Å²) in [5.74, 6) is -0.405. The zero-order valence-corrected chi connectivity index (χ0v) is 9.09. The van der Waals surface area contributed by atoms with E-state index in [0.717, 1.165) is 0 Å². The van der Waals surface area contributed by atoms with Gasteiger partial charge in [-0.15, -0.1) is 0 Å². The van der Waals surface area contributed by atoms with E-state index in [1.54, 1.807) is 13.8 Å². The molecule has 12 heavy (non-hydrogen) atoms. The third-order valence-electron chi connectivity index (χ3n) is 1.11. The van der Waals surface area contributed by atoms with Crippen molar-refractivity contribution < 1.29 is 4.74 Å². The van der Waals surface area contributed by atoms with Gasteiger partial charge in [0.1, 0.15) is 5.60 Å². The predicted octanol–water partition coefficient (Wildman–Crippen LogP) is 3.32. The quantitative estimate of drug-likeness (QED) is 0.336. The summed E-state index contributed by atoms with van der Waals surface area (Å²) in [6.07, 6.45) is 1.53. The maximum absolute atomic E-state index is 7.23. The standard InChI is InChI=1S/C7H10Cl3NO/c1-4-6(2,3)12-5(11)7(8,9)10/h4,11H,1H2,2-3H3. The Morgan fingerprint density at radius 1 is 1.42 bits per heavy atom. The Kier molecular flexibility index (Phi) is 3.88. The summed E-state index contributed by atoms with van der Waals surface area (Å²) in [6.45, 7) is 6.94. The Balaban J connectivity index is 4.29. The van der Waals surface area contributed by atoms with Crippen LogP contribution in [0.2, 0.25) is 0 Å². The van der Waals surface area contributed by atoms with Crippen LogP contribution in [0.3, 0.4) is 0 Å². The monoisotopic (exact) mass is 229 g/mol. The first kappa shape index (κ1) is 12.1. The van der Waals surface area contributed by atoms with Crippen LogP contribution in [0.1, 0.15) is 13.8 Å².